The molecule has 2 rings (SSSR count). The van der Waals surface area contributed by atoms with Gasteiger partial charge in [-0.3, -0.25) is 4.79 Å². The molecule has 2 heteroatoms. The van der Waals surface area contributed by atoms with Crippen LogP contribution in [0.3, 0.4) is 0 Å². The lowest BCUT2D eigenvalue weighted by Gasteiger charge is -2.14. The predicted molar refractivity (Wildman–Crippen MR) is 75.1 cm³/mol. The molecule has 0 saturated carbocycles. The van der Waals surface area contributed by atoms with Crippen molar-refractivity contribution >= 4 is 5.78 Å². The van der Waals surface area contributed by atoms with Gasteiger partial charge in [-0.05, 0) is 25.3 Å². The number of ketones is 1. The number of hydrogen-bond acceptors (Lipinski definition) is 1. The molecule has 0 bridgehead atoms. The van der Waals surface area contributed by atoms with Crippen LogP contribution in [0.1, 0.15) is 74.3 Å². The van der Waals surface area contributed by atoms with E-state index in [1.54, 1.807) is 0 Å². The summed E-state index contributed by atoms with van der Waals surface area (Å²) in [5, 5.41) is 0. The Kier molecular flexibility index (Phi) is 5.03. The Morgan fingerprint density at radius 3 is 2.72 bits per heavy atom. The molecule has 0 spiro atoms. The van der Waals surface area contributed by atoms with Gasteiger partial charge in [0.2, 0.25) is 0 Å². The standard InChI is InChI=1S/C16H25NO/c1-2-3-4-5-6-7-12-17-13-11-14-15(17)9-8-10-16(14)18/h11,13H,2-10,12H2,1H3. The van der Waals surface area contributed by atoms with E-state index in [9.17, 15) is 4.79 Å². The molecule has 18 heavy (non-hydrogen) atoms. The number of Topliss-reactive ketones (excluding diaryl/α,β-unsaturated/α-hetero) is 1. The summed E-state index contributed by atoms with van der Waals surface area (Å²) < 4.78 is 2.31. The van der Waals surface area contributed by atoms with E-state index in [1.807, 2.05) is 6.07 Å². The van der Waals surface area contributed by atoms with E-state index in [1.165, 1.54) is 44.2 Å². The van der Waals surface area contributed by atoms with Crippen LogP contribution in [-0.4, -0.2) is 10.4 Å². The molecule has 100 valence electrons. The lowest BCUT2D eigenvalue weighted by Crippen LogP contribution is -2.13. The van der Waals surface area contributed by atoms with Gasteiger partial charge in [-0.2, -0.15) is 0 Å². The Morgan fingerprint density at radius 2 is 1.89 bits per heavy atom. The van der Waals surface area contributed by atoms with E-state index in [-0.39, 0.29) is 0 Å². The number of fused-ring (bicyclic) bond motifs is 1. The number of aromatic nitrogens is 1. The number of rotatable bonds is 7. The van der Waals surface area contributed by atoms with Gasteiger partial charge in [0.05, 0.1) is 0 Å². The predicted octanol–water partition coefficient (Wildman–Crippen LogP) is 4.37. The number of nitrogens with zero attached hydrogens (tertiary/aromatic N) is 1. The van der Waals surface area contributed by atoms with Crippen molar-refractivity contribution in [2.75, 3.05) is 0 Å². The number of hydrogen-bond donors (Lipinski definition) is 0. The summed E-state index contributed by atoms with van der Waals surface area (Å²) >= 11 is 0. The molecular formula is C16H25NO. The Hall–Kier alpha value is -1.05. The first-order valence-electron chi connectivity index (χ1n) is 7.54. The highest BCUT2D eigenvalue weighted by molar-refractivity contribution is 5.98. The van der Waals surface area contributed by atoms with Crippen molar-refractivity contribution in [1.29, 1.82) is 0 Å². The van der Waals surface area contributed by atoms with Crippen molar-refractivity contribution in [3.63, 3.8) is 0 Å². The second-order valence-corrected chi connectivity index (χ2v) is 5.41. The van der Waals surface area contributed by atoms with Crippen LogP contribution in [0.5, 0.6) is 0 Å². The maximum absolute atomic E-state index is 11.7. The van der Waals surface area contributed by atoms with E-state index in [0.717, 1.165) is 31.4 Å². The van der Waals surface area contributed by atoms with E-state index in [0.29, 0.717) is 5.78 Å². The molecule has 0 saturated heterocycles. The summed E-state index contributed by atoms with van der Waals surface area (Å²) in [5.74, 6) is 0.345. The molecule has 1 aliphatic rings. The Morgan fingerprint density at radius 1 is 1.11 bits per heavy atom. The first-order valence-corrected chi connectivity index (χ1v) is 7.54. The molecule has 1 aromatic rings. The number of unbranched alkanes of at least 4 members (excludes halogenated alkanes) is 5. The van der Waals surface area contributed by atoms with Crippen LogP contribution < -0.4 is 0 Å². The minimum absolute atomic E-state index is 0.345. The monoisotopic (exact) mass is 247 g/mol. The third kappa shape index (κ3) is 3.24. The zero-order valence-electron chi connectivity index (χ0n) is 11.6. The van der Waals surface area contributed by atoms with Gasteiger partial charge < -0.3 is 4.57 Å². The summed E-state index contributed by atoms with van der Waals surface area (Å²) in [6, 6.07) is 2.02. The van der Waals surface area contributed by atoms with Crippen molar-refractivity contribution < 1.29 is 4.79 Å². The largest absolute Gasteiger partial charge is 0.351 e. The minimum atomic E-state index is 0.345. The molecule has 0 aromatic carbocycles. The van der Waals surface area contributed by atoms with Crippen LogP contribution >= 0.6 is 0 Å². The second kappa shape index (κ2) is 6.77. The Balaban J connectivity index is 1.78. The van der Waals surface area contributed by atoms with Gasteiger partial charge in [0, 0.05) is 30.4 Å². The van der Waals surface area contributed by atoms with Gasteiger partial charge in [0.1, 0.15) is 0 Å². The molecule has 0 fully saturated rings. The van der Waals surface area contributed by atoms with Gasteiger partial charge in [0.25, 0.3) is 0 Å². The van der Waals surface area contributed by atoms with Crippen molar-refractivity contribution in [1.82, 2.24) is 4.57 Å². The molecule has 0 atom stereocenters. The van der Waals surface area contributed by atoms with Crippen molar-refractivity contribution in [3.8, 4) is 0 Å². The summed E-state index contributed by atoms with van der Waals surface area (Å²) in [6.45, 7) is 3.35. The highest BCUT2D eigenvalue weighted by Gasteiger charge is 2.19. The Bertz CT molecular complexity index is 392. The lowest BCUT2D eigenvalue weighted by atomic mass is 9.97. The molecule has 1 aromatic heterocycles. The van der Waals surface area contributed by atoms with Crippen molar-refractivity contribution in [2.24, 2.45) is 0 Å². The van der Waals surface area contributed by atoms with Crippen molar-refractivity contribution in [3.05, 3.63) is 23.5 Å². The zero-order valence-corrected chi connectivity index (χ0v) is 11.6. The molecule has 0 amide bonds. The van der Waals surface area contributed by atoms with E-state index < -0.39 is 0 Å². The summed E-state index contributed by atoms with van der Waals surface area (Å²) in [5.41, 5.74) is 2.28. The third-order valence-electron chi connectivity index (χ3n) is 3.95. The zero-order chi connectivity index (χ0) is 12.8. The average Bonchev–Trinajstić information content (AvgIpc) is 2.79. The SMILES string of the molecule is CCCCCCCCn1ccc2c1CCCC2=O. The van der Waals surface area contributed by atoms with Gasteiger partial charge >= 0.3 is 0 Å². The molecular weight excluding hydrogens is 222 g/mol. The van der Waals surface area contributed by atoms with Gasteiger partial charge in [0.15, 0.2) is 5.78 Å². The fraction of sp³-hybridized carbons (Fsp3) is 0.688. The summed E-state index contributed by atoms with van der Waals surface area (Å²) in [4.78, 5) is 11.7. The highest BCUT2D eigenvalue weighted by atomic mass is 16.1. The molecule has 1 heterocycles. The van der Waals surface area contributed by atoms with E-state index >= 15 is 0 Å². The molecule has 2 nitrogen and oxygen atoms in total. The summed E-state index contributed by atoms with van der Waals surface area (Å²) in [6.07, 6.45) is 13.0. The first-order chi connectivity index (χ1) is 8.83. The fourth-order valence-electron chi connectivity index (χ4n) is 2.86. The number of aryl methyl sites for hydroxylation is 1. The number of carbonyl (C=O) groups is 1. The highest BCUT2D eigenvalue weighted by Crippen LogP contribution is 2.22. The summed E-state index contributed by atoms with van der Waals surface area (Å²) in [7, 11) is 0. The lowest BCUT2D eigenvalue weighted by molar-refractivity contribution is 0.0971. The van der Waals surface area contributed by atoms with Crippen LogP contribution in [0.15, 0.2) is 12.3 Å². The maximum atomic E-state index is 11.7. The van der Waals surface area contributed by atoms with Gasteiger partial charge in [-0.1, -0.05) is 39.0 Å². The van der Waals surface area contributed by atoms with Gasteiger partial charge in [-0.25, -0.2) is 0 Å². The first kappa shape index (κ1) is 13.4. The van der Waals surface area contributed by atoms with E-state index in [4.69, 9.17) is 0 Å². The average molecular weight is 247 g/mol. The molecule has 1 aliphatic carbocycles. The Labute approximate surface area is 110 Å². The van der Waals surface area contributed by atoms with Crippen LogP contribution in [0, 0.1) is 0 Å². The molecule has 0 unspecified atom stereocenters. The molecule has 0 radical (unpaired) electrons. The van der Waals surface area contributed by atoms with Crippen LogP contribution in [-0.2, 0) is 13.0 Å². The quantitative estimate of drug-likeness (QED) is 0.656. The normalized spacial score (nSPS) is 14.8. The second-order valence-electron chi connectivity index (χ2n) is 5.41. The topological polar surface area (TPSA) is 22.0 Å². The molecule has 0 N–H and O–H groups in total. The fourth-order valence-corrected chi connectivity index (χ4v) is 2.86. The smallest absolute Gasteiger partial charge is 0.164 e. The minimum Gasteiger partial charge on any atom is -0.351 e. The number of carbonyl (C=O) groups excluding carboxylic acids is 1. The molecule has 0 aliphatic heterocycles. The van der Waals surface area contributed by atoms with Crippen molar-refractivity contribution in [2.45, 2.75) is 71.3 Å². The van der Waals surface area contributed by atoms with Crippen LogP contribution in [0.4, 0.5) is 0 Å². The van der Waals surface area contributed by atoms with Crippen LogP contribution in [0.25, 0.3) is 0 Å². The van der Waals surface area contributed by atoms with Crippen LogP contribution in [0.2, 0.25) is 0 Å². The van der Waals surface area contributed by atoms with Gasteiger partial charge in [-0.15, -0.1) is 0 Å². The third-order valence-corrected chi connectivity index (χ3v) is 3.95. The maximum Gasteiger partial charge on any atom is 0.164 e. The van der Waals surface area contributed by atoms with E-state index in [2.05, 4.69) is 17.7 Å².